The number of carbonyl (C=O) groups excluding carboxylic acids is 2. The van der Waals surface area contributed by atoms with Crippen molar-refractivity contribution in [2.45, 2.75) is 88.9 Å². The highest BCUT2D eigenvalue weighted by molar-refractivity contribution is 6.01. The number of piperazine rings is 1. The number of hydrogen-bond acceptors (Lipinski definition) is 4. The molecule has 4 aliphatic rings. The Labute approximate surface area is 180 Å². The first-order valence-electron chi connectivity index (χ1n) is 11.5. The molecule has 4 rings (SSSR count). The van der Waals surface area contributed by atoms with Crippen LogP contribution in [0.3, 0.4) is 0 Å². The Morgan fingerprint density at radius 3 is 2.67 bits per heavy atom. The zero-order valence-corrected chi connectivity index (χ0v) is 18.4. The molecule has 0 aromatic rings. The van der Waals surface area contributed by atoms with E-state index in [1.54, 1.807) is 11.0 Å². The van der Waals surface area contributed by atoms with Gasteiger partial charge in [0.15, 0.2) is 0 Å². The van der Waals surface area contributed by atoms with Gasteiger partial charge in [0, 0.05) is 12.6 Å². The van der Waals surface area contributed by atoms with Gasteiger partial charge in [-0.1, -0.05) is 38.2 Å². The maximum absolute atomic E-state index is 13.6. The number of carbonyl (C=O) groups is 2. The van der Waals surface area contributed by atoms with Crippen molar-refractivity contribution in [2.24, 2.45) is 0 Å². The molecule has 3 aliphatic heterocycles. The summed E-state index contributed by atoms with van der Waals surface area (Å²) in [7, 11) is 0. The molecule has 1 N–H and O–H groups in total. The summed E-state index contributed by atoms with van der Waals surface area (Å²) in [6.07, 6.45) is 14.5. The normalized spacial score (nSPS) is 31.7. The fourth-order valence-corrected chi connectivity index (χ4v) is 5.34. The maximum Gasteiger partial charge on any atom is 0.270 e. The first-order chi connectivity index (χ1) is 14.4. The van der Waals surface area contributed by atoms with Gasteiger partial charge < -0.3 is 19.9 Å². The predicted octanol–water partition coefficient (Wildman–Crippen LogP) is 3.26. The zero-order valence-electron chi connectivity index (χ0n) is 18.4. The molecule has 0 radical (unpaired) electrons. The summed E-state index contributed by atoms with van der Waals surface area (Å²) in [4.78, 5) is 30.9. The average molecular weight is 414 g/mol. The van der Waals surface area contributed by atoms with Crippen LogP contribution in [0.2, 0.25) is 0 Å². The van der Waals surface area contributed by atoms with Gasteiger partial charge in [0.2, 0.25) is 5.91 Å². The van der Waals surface area contributed by atoms with Gasteiger partial charge in [0.05, 0.1) is 18.3 Å². The van der Waals surface area contributed by atoms with Crippen LogP contribution in [0.1, 0.15) is 65.2 Å². The number of hydrogen-bond donors (Lipinski definition) is 1. The second-order valence-electron chi connectivity index (χ2n) is 9.35. The summed E-state index contributed by atoms with van der Waals surface area (Å²) in [5.74, 6) is 0.762. The quantitative estimate of drug-likeness (QED) is 0.703. The standard InChI is InChI=1S/C24H35N3O3/c1-4-5-13-27-22(28)20-15-21-19(14-17(2)30-21)26(20)16-24(27,3)23(29)25-18-11-9-7-6-8-10-12-18/h4,14-15,18-19,21H,1,5-13,16H2,2-3H3,(H,25,29). The molecule has 164 valence electrons. The molecule has 2 amide bonds. The van der Waals surface area contributed by atoms with E-state index in [1.165, 1.54) is 19.3 Å². The van der Waals surface area contributed by atoms with Crippen LogP contribution >= 0.6 is 0 Å². The third kappa shape index (κ3) is 3.77. The largest absolute Gasteiger partial charge is 0.489 e. The van der Waals surface area contributed by atoms with Crippen LogP contribution in [0.25, 0.3) is 0 Å². The lowest BCUT2D eigenvalue weighted by Crippen LogP contribution is -2.69. The molecule has 30 heavy (non-hydrogen) atoms. The van der Waals surface area contributed by atoms with Gasteiger partial charge in [-0.15, -0.1) is 6.58 Å². The van der Waals surface area contributed by atoms with Crippen LogP contribution < -0.4 is 5.32 Å². The van der Waals surface area contributed by atoms with Crippen molar-refractivity contribution in [1.82, 2.24) is 15.1 Å². The molecule has 0 bridgehead atoms. The Bertz CT molecular complexity index is 766. The van der Waals surface area contributed by atoms with Crippen molar-refractivity contribution in [3.05, 3.63) is 36.3 Å². The van der Waals surface area contributed by atoms with Crippen LogP contribution in [0.5, 0.6) is 0 Å². The monoisotopic (exact) mass is 413 g/mol. The minimum absolute atomic E-state index is 0.000905. The average Bonchev–Trinajstić information content (AvgIpc) is 3.20. The Kier molecular flexibility index (Phi) is 5.94. The van der Waals surface area contributed by atoms with E-state index in [1.807, 2.05) is 19.9 Å². The van der Waals surface area contributed by atoms with Crippen LogP contribution in [-0.2, 0) is 14.3 Å². The van der Waals surface area contributed by atoms with E-state index in [9.17, 15) is 9.59 Å². The summed E-state index contributed by atoms with van der Waals surface area (Å²) in [6.45, 7) is 8.64. The first kappa shape index (κ1) is 21.0. The molecule has 3 heterocycles. The number of nitrogens with zero attached hydrogens (tertiary/aromatic N) is 2. The van der Waals surface area contributed by atoms with Gasteiger partial charge >= 0.3 is 0 Å². The van der Waals surface area contributed by atoms with E-state index in [2.05, 4.69) is 22.9 Å². The van der Waals surface area contributed by atoms with Crippen LogP contribution in [0.4, 0.5) is 0 Å². The van der Waals surface area contributed by atoms with Crippen molar-refractivity contribution < 1.29 is 14.3 Å². The van der Waals surface area contributed by atoms with Crippen molar-refractivity contribution in [3.63, 3.8) is 0 Å². The first-order valence-corrected chi connectivity index (χ1v) is 11.5. The van der Waals surface area contributed by atoms with E-state index in [-0.39, 0.29) is 30.0 Å². The molecular formula is C24H35N3O3. The third-order valence-electron chi connectivity index (χ3n) is 7.08. The van der Waals surface area contributed by atoms with Gasteiger partial charge in [-0.05, 0) is 45.3 Å². The Morgan fingerprint density at radius 1 is 1.27 bits per heavy atom. The van der Waals surface area contributed by atoms with Gasteiger partial charge in [-0.25, -0.2) is 0 Å². The van der Waals surface area contributed by atoms with Crippen molar-refractivity contribution in [2.75, 3.05) is 13.1 Å². The number of ether oxygens (including phenoxy) is 1. The molecule has 3 atom stereocenters. The predicted molar refractivity (Wildman–Crippen MR) is 116 cm³/mol. The van der Waals surface area contributed by atoms with Crippen LogP contribution in [-0.4, -0.2) is 58.4 Å². The molecular weight excluding hydrogens is 378 g/mol. The molecule has 0 spiro atoms. The summed E-state index contributed by atoms with van der Waals surface area (Å²) in [5.41, 5.74) is -0.256. The molecule has 0 aromatic heterocycles. The highest BCUT2D eigenvalue weighted by atomic mass is 16.5. The number of nitrogens with one attached hydrogen (secondary N) is 1. The highest BCUT2D eigenvalue weighted by Crippen LogP contribution is 2.39. The number of rotatable bonds is 5. The molecule has 6 heteroatoms. The Balaban J connectivity index is 1.57. The van der Waals surface area contributed by atoms with Crippen molar-refractivity contribution in [3.8, 4) is 0 Å². The molecule has 3 unspecified atom stereocenters. The lowest BCUT2D eigenvalue weighted by atomic mass is 9.91. The van der Waals surface area contributed by atoms with Crippen LogP contribution in [0, 0.1) is 0 Å². The Hall–Kier alpha value is -2.24. The molecule has 6 nitrogen and oxygen atoms in total. The molecule has 2 fully saturated rings. The van der Waals surface area contributed by atoms with Crippen LogP contribution in [0.15, 0.2) is 36.3 Å². The fraction of sp³-hybridized carbons (Fsp3) is 0.667. The minimum Gasteiger partial charge on any atom is -0.489 e. The van der Waals surface area contributed by atoms with E-state index in [0.29, 0.717) is 25.2 Å². The molecule has 1 saturated heterocycles. The lowest BCUT2D eigenvalue weighted by Gasteiger charge is -2.49. The van der Waals surface area contributed by atoms with Gasteiger partial charge in [-0.2, -0.15) is 0 Å². The minimum atomic E-state index is -0.918. The highest BCUT2D eigenvalue weighted by Gasteiger charge is 2.54. The summed E-state index contributed by atoms with van der Waals surface area (Å²) >= 11 is 0. The topological polar surface area (TPSA) is 61.9 Å². The maximum atomic E-state index is 13.6. The smallest absolute Gasteiger partial charge is 0.270 e. The summed E-state index contributed by atoms with van der Waals surface area (Å²) in [6, 6.07) is 0.199. The fourth-order valence-electron chi connectivity index (χ4n) is 5.34. The summed E-state index contributed by atoms with van der Waals surface area (Å²) in [5, 5.41) is 3.32. The SMILES string of the molecule is C=CCCN1C(=O)C2=CC3OC(C)=CC3N2CC1(C)C(=O)NC1CCCCCCC1. The number of fused-ring (bicyclic) bond motifs is 3. The molecule has 1 saturated carbocycles. The molecule has 0 aromatic carbocycles. The Morgan fingerprint density at radius 2 is 1.97 bits per heavy atom. The van der Waals surface area contributed by atoms with E-state index < -0.39 is 5.54 Å². The van der Waals surface area contributed by atoms with E-state index >= 15 is 0 Å². The van der Waals surface area contributed by atoms with Crippen molar-refractivity contribution >= 4 is 11.8 Å². The zero-order chi connectivity index (χ0) is 21.3. The van der Waals surface area contributed by atoms with Gasteiger partial charge in [0.25, 0.3) is 5.91 Å². The van der Waals surface area contributed by atoms with Gasteiger partial charge in [0.1, 0.15) is 17.3 Å². The van der Waals surface area contributed by atoms with E-state index in [0.717, 1.165) is 31.4 Å². The second kappa shape index (κ2) is 8.48. The van der Waals surface area contributed by atoms with E-state index in [4.69, 9.17) is 4.74 Å². The lowest BCUT2D eigenvalue weighted by molar-refractivity contribution is -0.151. The molecule has 1 aliphatic carbocycles. The summed E-state index contributed by atoms with van der Waals surface area (Å²) < 4.78 is 5.87. The second-order valence-corrected chi connectivity index (χ2v) is 9.35. The van der Waals surface area contributed by atoms with Crippen molar-refractivity contribution in [1.29, 1.82) is 0 Å². The number of allylic oxidation sites excluding steroid dienone is 1. The third-order valence-corrected chi connectivity index (χ3v) is 7.08. The van der Waals surface area contributed by atoms with Gasteiger partial charge in [-0.3, -0.25) is 9.59 Å². The number of amides is 2.